The first kappa shape index (κ1) is 45.3. The van der Waals surface area contributed by atoms with Crippen molar-refractivity contribution in [1.29, 1.82) is 0 Å². The van der Waals surface area contributed by atoms with Crippen molar-refractivity contribution in [2.75, 3.05) is 0 Å². The molecule has 0 aromatic heterocycles. The van der Waals surface area contributed by atoms with Crippen LogP contribution in [-0.4, -0.2) is 28.8 Å². The molecular weight excluding hydrogens is 566 g/mol. The molecule has 0 fully saturated rings. The van der Waals surface area contributed by atoms with Gasteiger partial charge in [-0.15, -0.1) is 0 Å². The summed E-state index contributed by atoms with van der Waals surface area (Å²) in [4.78, 5) is 25.6. The molecule has 0 aliphatic rings. The van der Waals surface area contributed by atoms with Crippen LogP contribution in [0.2, 0.25) is 0 Å². The molecule has 3 N–H and O–H groups in total. The number of hydrogen-bond acceptors (Lipinski definition) is 4. The van der Waals surface area contributed by atoms with Gasteiger partial charge in [0.15, 0.2) is 11.6 Å². The quantitative estimate of drug-likeness (QED) is 0.0783. The second-order valence-electron chi connectivity index (χ2n) is 17.3. The Morgan fingerprint density at radius 2 is 0.652 bits per heavy atom. The van der Waals surface area contributed by atoms with E-state index in [4.69, 9.17) is 5.73 Å². The number of Topliss-reactive ketones (excluding diaryl/α,β-unsaturated/α-hetero) is 2. The molecule has 0 radical (unpaired) electrons. The lowest BCUT2D eigenvalue weighted by molar-refractivity contribution is -0.134. The maximum atomic E-state index is 12.8. The molecule has 0 aromatic carbocycles. The zero-order valence-electron chi connectivity index (χ0n) is 32.8. The first-order valence-corrected chi connectivity index (χ1v) is 20.1. The Kier molecular flexibility index (Phi) is 26.7. The molecule has 0 saturated heterocycles. The maximum Gasteiger partial charge on any atom is 0.163 e. The van der Waals surface area contributed by atoms with Crippen molar-refractivity contribution < 1.29 is 14.7 Å². The van der Waals surface area contributed by atoms with E-state index in [1.54, 1.807) is 0 Å². The average Bonchev–Trinajstić information content (AvgIpc) is 2.95. The topological polar surface area (TPSA) is 80.4 Å². The zero-order chi connectivity index (χ0) is 35.1. The first-order chi connectivity index (χ1) is 21.6. The Morgan fingerprint density at radius 1 is 0.413 bits per heavy atom. The van der Waals surface area contributed by atoms with Gasteiger partial charge in [0.05, 0.1) is 6.04 Å². The second-order valence-corrected chi connectivity index (χ2v) is 17.3. The highest BCUT2D eigenvalue weighted by Crippen LogP contribution is 2.25. The SMILES string of the molecule is CC(C)CCCC(C)CCCC(C)CCCC(C)CC(=O)C(N)C(O)C(=O)CC(C)CCCC(C)CCCC(C)CCCC(C)C. The first-order valence-electron chi connectivity index (χ1n) is 20.1. The van der Waals surface area contributed by atoms with Crippen LogP contribution in [0.15, 0.2) is 0 Å². The van der Waals surface area contributed by atoms with Gasteiger partial charge in [-0.25, -0.2) is 0 Å². The van der Waals surface area contributed by atoms with Crippen LogP contribution in [0.1, 0.15) is 198 Å². The number of carbonyl (C=O) groups excluding carboxylic acids is 2. The van der Waals surface area contributed by atoms with Gasteiger partial charge >= 0.3 is 0 Å². The van der Waals surface area contributed by atoms with Crippen molar-refractivity contribution in [1.82, 2.24) is 0 Å². The van der Waals surface area contributed by atoms with Gasteiger partial charge in [0.25, 0.3) is 0 Å². The van der Waals surface area contributed by atoms with Gasteiger partial charge in [0, 0.05) is 12.8 Å². The highest BCUT2D eigenvalue weighted by atomic mass is 16.3. The monoisotopic (exact) mass is 650 g/mol. The standard InChI is InChI=1S/C42H83NO3/c1-31(2)17-11-19-33(5)21-13-23-35(7)25-15-27-37(9)29-39(44)41(43)42(46)40(45)30-38(10)28-16-26-36(8)24-14-22-34(6)20-12-18-32(3)4/h31-38,41-42,46H,11-30,43H2,1-10H3. The molecule has 0 bridgehead atoms. The minimum Gasteiger partial charge on any atom is -0.383 e. The van der Waals surface area contributed by atoms with E-state index in [0.717, 1.165) is 55.3 Å². The molecule has 0 amide bonds. The lowest BCUT2D eigenvalue weighted by Gasteiger charge is -2.21. The normalized spacial score (nSPS) is 17.4. The molecule has 8 atom stereocenters. The number of hydrogen-bond donors (Lipinski definition) is 2. The van der Waals surface area contributed by atoms with Crippen LogP contribution in [-0.2, 0) is 9.59 Å². The van der Waals surface area contributed by atoms with Crippen LogP contribution in [0.25, 0.3) is 0 Å². The molecule has 0 aliphatic carbocycles. The average molecular weight is 650 g/mol. The van der Waals surface area contributed by atoms with E-state index < -0.39 is 12.1 Å². The number of aliphatic hydroxyl groups excluding tert-OH is 1. The number of ketones is 2. The molecule has 274 valence electrons. The van der Waals surface area contributed by atoms with Crippen LogP contribution in [0.5, 0.6) is 0 Å². The van der Waals surface area contributed by atoms with Crippen LogP contribution >= 0.6 is 0 Å². The summed E-state index contributed by atoms with van der Waals surface area (Å²) in [7, 11) is 0. The third-order valence-electron chi connectivity index (χ3n) is 10.7. The zero-order valence-corrected chi connectivity index (χ0v) is 32.8. The summed E-state index contributed by atoms with van der Waals surface area (Å²) in [5, 5.41) is 10.6. The Bertz CT molecular complexity index is 687. The van der Waals surface area contributed by atoms with Gasteiger partial charge in [-0.1, -0.05) is 185 Å². The molecule has 0 spiro atoms. The smallest absolute Gasteiger partial charge is 0.163 e. The second kappa shape index (κ2) is 27.1. The lowest BCUT2D eigenvalue weighted by atomic mass is 9.88. The molecule has 8 unspecified atom stereocenters. The van der Waals surface area contributed by atoms with Gasteiger partial charge < -0.3 is 10.8 Å². The summed E-state index contributed by atoms with van der Waals surface area (Å²) in [6, 6.07) is -1.10. The molecule has 0 rings (SSSR count). The lowest BCUT2D eigenvalue weighted by Crippen LogP contribution is -2.47. The number of aliphatic hydroxyl groups is 1. The molecule has 0 saturated carbocycles. The van der Waals surface area contributed by atoms with E-state index in [2.05, 4.69) is 69.2 Å². The van der Waals surface area contributed by atoms with Crippen LogP contribution in [0.4, 0.5) is 0 Å². The van der Waals surface area contributed by atoms with Gasteiger partial charge in [-0.3, -0.25) is 9.59 Å². The van der Waals surface area contributed by atoms with E-state index in [0.29, 0.717) is 18.8 Å². The Morgan fingerprint density at radius 3 is 0.935 bits per heavy atom. The van der Waals surface area contributed by atoms with Crippen LogP contribution < -0.4 is 5.73 Å². The summed E-state index contributed by atoms with van der Waals surface area (Å²) in [6.07, 6.45) is 21.8. The molecule has 0 heterocycles. The maximum absolute atomic E-state index is 12.8. The summed E-state index contributed by atoms with van der Waals surface area (Å²) in [6.45, 7) is 22.9. The van der Waals surface area contributed by atoms with Crippen molar-refractivity contribution in [3.05, 3.63) is 0 Å². The fraction of sp³-hybridized carbons (Fsp3) is 0.952. The van der Waals surface area contributed by atoms with Crippen LogP contribution in [0, 0.1) is 47.3 Å². The third kappa shape index (κ3) is 25.3. The van der Waals surface area contributed by atoms with E-state index in [1.165, 1.54) is 89.9 Å². The molecule has 0 aliphatic heterocycles. The fourth-order valence-corrected chi connectivity index (χ4v) is 7.11. The summed E-state index contributed by atoms with van der Waals surface area (Å²) in [5.74, 6) is 4.69. The van der Waals surface area contributed by atoms with Crippen molar-refractivity contribution in [3.63, 3.8) is 0 Å². The van der Waals surface area contributed by atoms with Gasteiger partial charge in [0.1, 0.15) is 6.10 Å². The highest BCUT2D eigenvalue weighted by Gasteiger charge is 2.30. The minimum absolute atomic E-state index is 0.177. The molecular formula is C42H83NO3. The number of nitrogens with two attached hydrogens (primary N) is 1. The van der Waals surface area contributed by atoms with Gasteiger partial charge in [-0.2, -0.15) is 0 Å². The summed E-state index contributed by atoms with van der Waals surface area (Å²) in [5.41, 5.74) is 6.11. The van der Waals surface area contributed by atoms with E-state index >= 15 is 0 Å². The number of rotatable bonds is 31. The molecule has 0 aromatic rings. The molecule has 4 heteroatoms. The molecule has 4 nitrogen and oxygen atoms in total. The fourth-order valence-electron chi connectivity index (χ4n) is 7.11. The Balaban J connectivity index is 4.13. The molecule has 46 heavy (non-hydrogen) atoms. The largest absolute Gasteiger partial charge is 0.383 e. The highest BCUT2D eigenvalue weighted by molar-refractivity contribution is 5.93. The summed E-state index contributed by atoms with van der Waals surface area (Å²) < 4.78 is 0. The van der Waals surface area contributed by atoms with Crippen molar-refractivity contribution in [3.8, 4) is 0 Å². The van der Waals surface area contributed by atoms with Crippen molar-refractivity contribution in [2.24, 2.45) is 53.1 Å². The summed E-state index contributed by atoms with van der Waals surface area (Å²) >= 11 is 0. The minimum atomic E-state index is -1.38. The van der Waals surface area contributed by atoms with E-state index in [-0.39, 0.29) is 23.4 Å². The third-order valence-corrected chi connectivity index (χ3v) is 10.7. The van der Waals surface area contributed by atoms with Gasteiger partial charge in [-0.05, 0) is 47.3 Å². The van der Waals surface area contributed by atoms with Crippen LogP contribution in [0.3, 0.4) is 0 Å². The number of carbonyl (C=O) groups is 2. The van der Waals surface area contributed by atoms with Crippen molar-refractivity contribution in [2.45, 2.75) is 210 Å². The van der Waals surface area contributed by atoms with Gasteiger partial charge in [0.2, 0.25) is 0 Å². The Labute approximate surface area is 288 Å². The van der Waals surface area contributed by atoms with Crippen molar-refractivity contribution >= 4 is 11.6 Å². The predicted octanol–water partition coefficient (Wildman–Crippen LogP) is 11.7. The van der Waals surface area contributed by atoms with E-state index in [9.17, 15) is 14.7 Å². The Hall–Kier alpha value is -0.740. The predicted molar refractivity (Wildman–Crippen MR) is 201 cm³/mol. The van der Waals surface area contributed by atoms with E-state index in [1.807, 2.05) is 0 Å².